The van der Waals surface area contributed by atoms with Crippen LogP contribution in [0.4, 0.5) is 5.82 Å². The molecule has 0 aromatic carbocycles. The first-order valence-electron chi connectivity index (χ1n) is 5.44. The minimum Gasteiger partial charge on any atom is -0.478 e. The third-order valence-electron chi connectivity index (χ3n) is 2.39. The van der Waals surface area contributed by atoms with Gasteiger partial charge in [0.2, 0.25) is 0 Å². The largest absolute Gasteiger partial charge is 0.478 e. The van der Waals surface area contributed by atoms with E-state index in [4.69, 9.17) is 5.11 Å². The van der Waals surface area contributed by atoms with Crippen LogP contribution in [0.2, 0.25) is 0 Å². The minimum atomic E-state index is -0.963. The fraction of sp³-hybridized carbons (Fsp3) is 0.385. The van der Waals surface area contributed by atoms with Crippen molar-refractivity contribution in [3.63, 3.8) is 0 Å². The molecule has 0 amide bonds. The molecule has 92 valence electrons. The molecule has 0 unspecified atom stereocenters. The number of anilines is 1. The summed E-state index contributed by atoms with van der Waals surface area (Å²) in [6.45, 7) is 10.6. The number of carboxylic acid groups (broad SMARTS) is 1. The van der Waals surface area contributed by atoms with Gasteiger partial charge >= 0.3 is 5.97 Å². The third-order valence-corrected chi connectivity index (χ3v) is 2.39. The Morgan fingerprint density at radius 1 is 1.53 bits per heavy atom. The molecular weight excluding hydrogens is 216 g/mol. The number of hydrogen-bond donors (Lipinski definition) is 1. The van der Waals surface area contributed by atoms with Crippen LogP contribution < -0.4 is 4.90 Å². The van der Waals surface area contributed by atoms with Gasteiger partial charge < -0.3 is 10.0 Å². The van der Waals surface area contributed by atoms with Crippen LogP contribution in [0, 0.1) is 0 Å². The summed E-state index contributed by atoms with van der Waals surface area (Å²) < 4.78 is 0. The number of nitrogens with zero attached hydrogens (tertiary/aromatic N) is 2. The summed E-state index contributed by atoms with van der Waals surface area (Å²) in [5, 5.41) is 8.81. The first-order chi connectivity index (χ1) is 7.86. The van der Waals surface area contributed by atoms with Gasteiger partial charge in [0.25, 0.3) is 0 Å². The molecule has 4 nitrogen and oxygen atoms in total. The Bertz CT molecular complexity index is 404. The molecule has 1 N–H and O–H groups in total. The number of carbonyl (C=O) groups is 1. The van der Waals surface area contributed by atoms with Crippen molar-refractivity contribution in [3.8, 4) is 0 Å². The van der Waals surface area contributed by atoms with Crippen LogP contribution in [0.1, 0.15) is 31.1 Å². The van der Waals surface area contributed by atoms with Crippen molar-refractivity contribution >= 4 is 11.8 Å². The van der Waals surface area contributed by atoms with E-state index in [2.05, 4.69) is 37.2 Å². The summed E-state index contributed by atoms with van der Waals surface area (Å²) in [7, 11) is 0. The Balaban J connectivity index is 3.03. The fourth-order valence-electron chi connectivity index (χ4n) is 1.51. The Morgan fingerprint density at radius 2 is 2.18 bits per heavy atom. The van der Waals surface area contributed by atoms with Gasteiger partial charge in [-0.15, -0.1) is 6.58 Å². The standard InChI is InChI=1S/C13H18N2O2/c1-5-8-15(13(2,3)4)11-7-6-10(9-14-11)12(16)17/h5-7,9H,1,8H2,2-4H3,(H,16,17). The Hall–Kier alpha value is -1.84. The average Bonchev–Trinajstić information content (AvgIpc) is 2.24. The summed E-state index contributed by atoms with van der Waals surface area (Å²) in [4.78, 5) is 17.0. The van der Waals surface area contributed by atoms with Crippen molar-refractivity contribution in [2.75, 3.05) is 11.4 Å². The summed E-state index contributed by atoms with van der Waals surface area (Å²) in [6.07, 6.45) is 3.18. The molecule has 0 saturated carbocycles. The van der Waals surface area contributed by atoms with Crippen LogP contribution in [0.3, 0.4) is 0 Å². The van der Waals surface area contributed by atoms with Gasteiger partial charge in [0, 0.05) is 18.3 Å². The summed E-state index contributed by atoms with van der Waals surface area (Å²) in [6, 6.07) is 3.28. The Labute approximate surface area is 102 Å². The SMILES string of the molecule is C=CCN(c1ccc(C(=O)O)cn1)C(C)(C)C. The Kier molecular flexibility index (Phi) is 3.89. The van der Waals surface area contributed by atoms with Crippen molar-refractivity contribution in [2.45, 2.75) is 26.3 Å². The quantitative estimate of drug-likeness (QED) is 0.813. The predicted octanol–water partition coefficient (Wildman–Crippen LogP) is 2.57. The van der Waals surface area contributed by atoms with Gasteiger partial charge in [-0.1, -0.05) is 6.08 Å². The van der Waals surface area contributed by atoms with E-state index in [9.17, 15) is 4.79 Å². The maximum atomic E-state index is 10.7. The molecular formula is C13H18N2O2. The van der Waals surface area contributed by atoms with Gasteiger partial charge in [-0.05, 0) is 32.9 Å². The zero-order valence-corrected chi connectivity index (χ0v) is 10.5. The van der Waals surface area contributed by atoms with Crippen LogP contribution in [-0.4, -0.2) is 28.1 Å². The minimum absolute atomic E-state index is 0.0913. The number of carboxylic acids is 1. The van der Waals surface area contributed by atoms with Crippen molar-refractivity contribution in [1.29, 1.82) is 0 Å². The zero-order valence-electron chi connectivity index (χ0n) is 10.5. The van der Waals surface area contributed by atoms with Gasteiger partial charge in [-0.25, -0.2) is 9.78 Å². The topological polar surface area (TPSA) is 53.4 Å². The van der Waals surface area contributed by atoms with Crippen molar-refractivity contribution in [1.82, 2.24) is 4.98 Å². The van der Waals surface area contributed by atoms with E-state index >= 15 is 0 Å². The molecule has 1 aromatic rings. The highest BCUT2D eigenvalue weighted by molar-refractivity contribution is 5.87. The number of hydrogen-bond acceptors (Lipinski definition) is 3. The first-order valence-corrected chi connectivity index (χ1v) is 5.44. The number of rotatable bonds is 4. The lowest BCUT2D eigenvalue weighted by atomic mass is 10.1. The van der Waals surface area contributed by atoms with Crippen LogP contribution in [0.15, 0.2) is 31.0 Å². The lowest BCUT2D eigenvalue weighted by Gasteiger charge is -2.36. The van der Waals surface area contributed by atoms with Gasteiger partial charge in [-0.2, -0.15) is 0 Å². The molecule has 1 rings (SSSR count). The predicted molar refractivity (Wildman–Crippen MR) is 68.5 cm³/mol. The van der Waals surface area contributed by atoms with E-state index < -0.39 is 5.97 Å². The lowest BCUT2D eigenvalue weighted by molar-refractivity contribution is 0.0696. The molecule has 0 spiro atoms. The van der Waals surface area contributed by atoms with Crippen molar-refractivity contribution in [3.05, 3.63) is 36.5 Å². The van der Waals surface area contributed by atoms with Crippen molar-refractivity contribution < 1.29 is 9.90 Å². The van der Waals surface area contributed by atoms with E-state index in [1.807, 2.05) is 0 Å². The number of pyridine rings is 1. The van der Waals surface area contributed by atoms with Gasteiger partial charge in [-0.3, -0.25) is 0 Å². The molecule has 4 heteroatoms. The van der Waals surface area contributed by atoms with Gasteiger partial charge in [0.05, 0.1) is 5.56 Å². The highest BCUT2D eigenvalue weighted by atomic mass is 16.4. The van der Waals surface area contributed by atoms with Gasteiger partial charge in [0.1, 0.15) is 5.82 Å². The Morgan fingerprint density at radius 3 is 2.53 bits per heavy atom. The average molecular weight is 234 g/mol. The molecule has 0 fully saturated rings. The monoisotopic (exact) mass is 234 g/mol. The van der Waals surface area contributed by atoms with Crippen LogP contribution in [-0.2, 0) is 0 Å². The molecule has 0 aliphatic carbocycles. The third kappa shape index (κ3) is 3.31. The molecule has 0 atom stereocenters. The van der Waals surface area contributed by atoms with E-state index in [-0.39, 0.29) is 11.1 Å². The number of aromatic nitrogens is 1. The molecule has 17 heavy (non-hydrogen) atoms. The summed E-state index contributed by atoms with van der Waals surface area (Å²) in [5.41, 5.74) is 0.104. The van der Waals surface area contributed by atoms with Crippen LogP contribution >= 0.6 is 0 Å². The molecule has 1 aromatic heterocycles. The summed E-state index contributed by atoms with van der Waals surface area (Å²) >= 11 is 0. The maximum Gasteiger partial charge on any atom is 0.337 e. The zero-order chi connectivity index (χ0) is 13.1. The second kappa shape index (κ2) is 4.99. The summed E-state index contributed by atoms with van der Waals surface area (Å²) in [5.74, 6) is -0.211. The molecule has 0 radical (unpaired) electrons. The van der Waals surface area contributed by atoms with Crippen molar-refractivity contribution in [2.24, 2.45) is 0 Å². The first kappa shape index (κ1) is 13.2. The second-order valence-corrected chi connectivity index (χ2v) is 4.78. The van der Waals surface area contributed by atoms with Crippen LogP contribution in [0.25, 0.3) is 0 Å². The molecule has 0 aliphatic heterocycles. The fourth-order valence-corrected chi connectivity index (χ4v) is 1.51. The molecule has 0 bridgehead atoms. The maximum absolute atomic E-state index is 10.7. The molecule has 0 aliphatic rings. The van der Waals surface area contributed by atoms with Gasteiger partial charge in [0.15, 0.2) is 0 Å². The molecule has 0 saturated heterocycles. The normalized spacial score (nSPS) is 11.0. The highest BCUT2D eigenvalue weighted by Crippen LogP contribution is 2.21. The van der Waals surface area contributed by atoms with E-state index in [0.29, 0.717) is 6.54 Å². The molecule has 1 heterocycles. The van der Waals surface area contributed by atoms with Crippen LogP contribution in [0.5, 0.6) is 0 Å². The smallest absolute Gasteiger partial charge is 0.337 e. The number of aromatic carboxylic acids is 1. The van der Waals surface area contributed by atoms with E-state index in [0.717, 1.165) is 5.82 Å². The van der Waals surface area contributed by atoms with E-state index in [1.54, 1.807) is 18.2 Å². The highest BCUT2D eigenvalue weighted by Gasteiger charge is 2.21. The second-order valence-electron chi connectivity index (χ2n) is 4.78. The lowest BCUT2D eigenvalue weighted by Crippen LogP contribution is -2.42. The van der Waals surface area contributed by atoms with E-state index in [1.165, 1.54) is 6.20 Å².